The lowest BCUT2D eigenvalue weighted by Gasteiger charge is -2.17. The van der Waals surface area contributed by atoms with Crippen molar-refractivity contribution in [1.29, 1.82) is 0 Å². The lowest BCUT2D eigenvalue weighted by atomic mass is 9.97. The van der Waals surface area contributed by atoms with Crippen molar-refractivity contribution in [2.24, 2.45) is 0 Å². The van der Waals surface area contributed by atoms with Gasteiger partial charge in [0.15, 0.2) is 0 Å². The van der Waals surface area contributed by atoms with Crippen LogP contribution in [0.25, 0.3) is 0 Å². The van der Waals surface area contributed by atoms with E-state index in [2.05, 4.69) is 4.74 Å². The number of hydrogen-bond acceptors (Lipinski definition) is 4. The molecule has 0 saturated carbocycles. The molecule has 1 N–H and O–H groups in total. The summed E-state index contributed by atoms with van der Waals surface area (Å²) in [6.45, 7) is 3.34. The lowest BCUT2D eigenvalue weighted by Crippen LogP contribution is -2.18. The third-order valence-electron chi connectivity index (χ3n) is 2.31. The molecule has 0 fully saturated rings. The summed E-state index contributed by atoms with van der Waals surface area (Å²) in [7, 11) is -1.37. The van der Waals surface area contributed by atoms with Gasteiger partial charge in [-0.15, -0.1) is 9.42 Å². The fraction of sp³-hybridized carbons (Fsp3) is 0.364. The highest BCUT2D eigenvalue weighted by molar-refractivity contribution is 7.32. The molecular weight excluding hydrogens is 243 g/mol. The van der Waals surface area contributed by atoms with Crippen molar-refractivity contribution in [2.75, 3.05) is 7.11 Å². The summed E-state index contributed by atoms with van der Waals surface area (Å²) in [4.78, 5) is 20.0. The summed E-state index contributed by atoms with van der Waals surface area (Å²) >= 11 is 0. The van der Waals surface area contributed by atoms with Gasteiger partial charge in [-0.1, -0.05) is 12.1 Å². The molecule has 92 valence electrons. The third-order valence-corrected chi connectivity index (χ3v) is 2.92. The minimum absolute atomic E-state index is 0.417. The van der Waals surface area contributed by atoms with Crippen molar-refractivity contribution < 1.29 is 23.5 Å². The molecular formula is C11H14O5P+. The van der Waals surface area contributed by atoms with Crippen LogP contribution in [-0.2, 0) is 19.4 Å². The minimum atomic E-state index is -2.68. The Hall–Kier alpha value is -1.29. The summed E-state index contributed by atoms with van der Waals surface area (Å²) in [6, 6.07) is 6.48. The number of benzene rings is 1. The Kier molecular flexibility index (Phi) is 4.34. The molecule has 1 unspecified atom stereocenters. The van der Waals surface area contributed by atoms with Crippen molar-refractivity contribution in [3.8, 4) is 0 Å². The standard InChI is InChI=1S/C11H13O5P/c1-11(2,16-17(13)14)9-6-4-8(5-7-9)10(12)15-3/h4-7H,1-3H3/p+1. The van der Waals surface area contributed by atoms with Crippen molar-refractivity contribution in [1.82, 2.24) is 0 Å². The molecule has 0 radical (unpaired) electrons. The van der Waals surface area contributed by atoms with Gasteiger partial charge < -0.3 is 4.74 Å². The van der Waals surface area contributed by atoms with Crippen molar-refractivity contribution in [3.63, 3.8) is 0 Å². The first-order chi connectivity index (χ1) is 7.86. The second-order valence-electron chi connectivity index (χ2n) is 3.91. The van der Waals surface area contributed by atoms with Crippen LogP contribution in [0.4, 0.5) is 0 Å². The first kappa shape index (κ1) is 13.8. The molecule has 5 nitrogen and oxygen atoms in total. The van der Waals surface area contributed by atoms with E-state index >= 15 is 0 Å². The van der Waals surface area contributed by atoms with Gasteiger partial charge >= 0.3 is 14.2 Å². The summed E-state index contributed by atoms with van der Waals surface area (Å²) in [6.07, 6.45) is 0. The van der Waals surface area contributed by atoms with Gasteiger partial charge in [0, 0.05) is 4.57 Å². The Balaban J connectivity index is 2.94. The van der Waals surface area contributed by atoms with E-state index in [1.807, 2.05) is 0 Å². The maximum absolute atomic E-state index is 11.2. The van der Waals surface area contributed by atoms with Crippen LogP contribution in [0, 0.1) is 0 Å². The number of esters is 1. The second kappa shape index (κ2) is 5.36. The van der Waals surface area contributed by atoms with Crippen LogP contribution < -0.4 is 0 Å². The van der Waals surface area contributed by atoms with Gasteiger partial charge in [0.25, 0.3) is 0 Å². The molecule has 0 bridgehead atoms. The van der Waals surface area contributed by atoms with Gasteiger partial charge in [-0.2, -0.15) is 0 Å². The minimum Gasteiger partial charge on any atom is -0.465 e. The Labute approximate surface area is 100 Å². The fourth-order valence-corrected chi connectivity index (χ4v) is 1.87. The predicted molar refractivity (Wildman–Crippen MR) is 61.7 cm³/mol. The molecule has 1 aromatic carbocycles. The molecule has 0 aliphatic heterocycles. The van der Waals surface area contributed by atoms with Crippen LogP contribution in [0.5, 0.6) is 0 Å². The molecule has 1 rings (SSSR count). The Morgan fingerprint density at radius 2 is 1.82 bits per heavy atom. The fourth-order valence-electron chi connectivity index (χ4n) is 1.37. The summed E-state index contributed by atoms with van der Waals surface area (Å²) < 4.78 is 20.1. The van der Waals surface area contributed by atoms with Gasteiger partial charge in [-0.25, -0.2) is 4.79 Å². The summed E-state index contributed by atoms with van der Waals surface area (Å²) in [5, 5.41) is 0. The number of ether oxygens (including phenoxy) is 1. The highest BCUT2D eigenvalue weighted by Gasteiger charge is 2.32. The zero-order chi connectivity index (χ0) is 13.1. The highest BCUT2D eigenvalue weighted by atomic mass is 31.1. The Morgan fingerprint density at radius 1 is 1.29 bits per heavy atom. The van der Waals surface area contributed by atoms with Crippen LogP contribution in [0.2, 0.25) is 0 Å². The van der Waals surface area contributed by atoms with E-state index in [-0.39, 0.29) is 0 Å². The third kappa shape index (κ3) is 3.60. The van der Waals surface area contributed by atoms with E-state index in [0.717, 1.165) is 0 Å². The molecule has 0 heterocycles. The average Bonchev–Trinajstić information content (AvgIpc) is 2.26. The predicted octanol–water partition coefficient (Wildman–Crippen LogP) is 2.37. The van der Waals surface area contributed by atoms with Gasteiger partial charge in [0.1, 0.15) is 5.60 Å². The Bertz CT molecular complexity index is 424. The van der Waals surface area contributed by atoms with Crippen LogP contribution in [0.1, 0.15) is 29.8 Å². The second-order valence-corrected chi connectivity index (χ2v) is 4.57. The lowest BCUT2D eigenvalue weighted by molar-refractivity contribution is 0.0599. The number of hydrogen-bond donors (Lipinski definition) is 1. The zero-order valence-corrected chi connectivity index (χ0v) is 10.7. The molecule has 17 heavy (non-hydrogen) atoms. The topological polar surface area (TPSA) is 72.8 Å². The largest absolute Gasteiger partial charge is 0.695 e. The molecule has 0 spiro atoms. The van der Waals surface area contributed by atoms with Gasteiger partial charge in [-0.05, 0) is 31.5 Å². The maximum Gasteiger partial charge on any atom is 0.695 e. The number of carbonyl (C=O) groups is 1. The van der Waals surface area contributed by atoms with E-state index in [0.29, 0.717) is 11.1 Å². The monoisotopic (exact) mass is 257 g/mol. The first-order valence-electron chi connectivity index (χ1n) is 4.91. The smallest absolute Gasteiger partial charge is 0.465 e. The maximum atomic E-state index is 11.2. The summed E-state index contributed by atoms with van der Waals surface area (Å²) in [5.74, 6) is -0.427. The quantitative estimate of drug-likeness (QED) is 0.662. The van der Waals surface area contributed by atoms with Crippen LogP contribution in [0.15, 0.2) is 24.3 Å². The molecule has 0 saturated heterocycles. The van der Waals surface area contributed by atoms with Crippen molar-refractivity contribution >= 4 is 14.2 Å². The molecule has 1 aromatic rings. The number of carbonyl (C=O) groups excluding carboxylic acids is 1. The van der Waals surface area contributed by atoms with E-state index in [9.17, 15) is 9.36 Å². The van der Waals surface area contributed by atoms with E-state index in [4.69, 9.17) is 9.42 Å². The molecule has 0 amide bonds. The SMILES string of the molecule is COC(=O)c1ccc(C(C)(C)O[P+](=O)O)cc1. The highest BCUT2D eigenvalue weighted by Crippen LogP contribution is 2.34. The molecule has 6 heteroatoms. The van der Waals surface area contributed by atoms with Gasteiger partial charge in [-0.3, -0.25) is 0 Å². The Morgan fingerprint density at radius 3 is 2.24 bits per heavy atom. The number of rotatable bonds is 4. The number of methoxy groups -OCH3 is 1. The molecule has 0 aromatic heterocycles. The van der Waals surface area contributed by atoms with Crippen molar-refractivity contribution in [2.45, 2.75) is 19.4 Å². The van der Waals surface area contributed by atoms with Crippen LogP contribution in [0.3, 0.4) is 0 Å². The van der Waals surface area contributed by atoms with Gasteiger partial charge in [0.2, 0.25) is 0 Å². The summed E-state index contributed by atoms with van der Waals surface area (Å²) in [5.41, 5.74) is 0.222. The zero-order valence-electron chi connectivity index (χ0n) is 9.84. The molecule has 0 aliphatic rings. The molecule has 0 aliphatic carbocycles. The molecule has 1 atom stereocenters. The van der Waals surface area contributed by atoms with E-state index < -0.39 is 19.8 Å². The van der Waals surface area contributed by atoms with Crippen LogP contribution >= 0.6 is 8.25 Å². The van der Waals surface area contributed by atoms with Crippen LogP contribution in [-0.4, -0.2) is 18.0 Å². The normalized spacial score (nSPS) is 12.1. The van der Waals surface area contributed by atoms with Crippen molar-refractivity contribution in [3.05, 3.63) is 35.4 Å². The first-order valence-corrected chi connectivity index (χ1v) is 6.04. The van der Waals surface area contributed by atoms with Gasteiger partial charge in [0.05, 0.1) is 12.7 Å². The van der Waals surface area contributed by atoms with E-state index in [1.165, 1.54) is 7.11 Å². The van der Waals surface area contributed by atoms with E-state index in [1.54, 1.807) is 38.1 Å². The average molecular weight is 257 g/mol.